The van der Waals surface area contributed by atoms with Gasteiger partial charge in [0.25, 0.3) is 0 Å². The van der Waals surface area contributed by atoms with E-state index >= 15 is 0 Å². The van der Waals surface area contributed by atoms with E-state index in [-0.39, 0.29) is 6.10 Å². The summed E-state index contributed by atoms with van der Waals surface area (Å²) in [5.41, 5.74) is 2.01. The Labute approximate surface area is 113 Å². The van der Waals surface area contributed by atoms with Crippen molar-refractivity contribution in [3.63, 3.8) is 0 Å². The van der Waals surface area contributed by atoms with Crippen LogP contribution in [0.2, 0.25) is 0 Å². The lowest BCUT2D eigenvalue weighted by Crippen LogP contribution is -2.27. The van der Waals surface area contributed by atoms with Crippen LogP contribution in [0.1, 0.15) is 5.56 Å². The van der Waals surface area contributed by atoms with Gasteiger partial charge in [-0.15, -0.1) is 0 Å². The van der Waals surface area contributed by atoms with E-state index in [1.807, 2.05) is 12.1 Å². The highest BCUT2D eigenvalue weighted by Gasteiger charge is 2.19. The summed E-state index contributed by atoms with van der Waals surface area (Å²) in [6, 6.07) is 3.82. The molecule has 19 heavy (non-hydrogen) atoms. The highest BCUT2D eigenvalue weighted by molar-refractivity contribution is 5.62. The summed E-state index contributed by atoms with van der Waals surface area (Å²) in [5, 5.41) is 12.9. The fourth-order valence-electron chi connectivity index (χ4n) is 2.01. The summed E-state index contributed by atoms with van der Waals surface area (Å²) < 4.78 is 11.2. The molecule has 4 nitrogen and oxygen atoms in total. The molecule has 1 aliphatic rings. The highest BCUT2D eigenvalue weighted by Crippen LogP contribution is 2.36. The van der Waals surface area contributed by atoms with E-state index in [1.165, 1.54) is 0 Å². The van der Waals surface area contributed by atoms with Crippen molar-refractivity contribution < 1.29 is 14.6 Å². The first-order valence-corrected chi connectivity index (χ1v) is 6.31. The molecular weight excluding hydrogens is 242 g/mol. The van der Waals surface area contributed by atoms with Gasteiger partial charge in [0.1, 0.15) is 13.2 Å². The van der Waals surface area contributed by atoms with E-state index in [9.17, 15) is 5.11 Å². The number of benzene rings is 1. The topological polar surface area (TPSA) is 50.7 Å². The third-order valence-corrected chi connectivity index (χ3v) is 2.87. The molecule has 0 spiro atoms. The summed E-state index contributed by atoms with van der Waals surface area (Å²) in [7, 11) is 0. The van der Waals surface area contributed by atoms with Crippen LogP contribution in [0.25, 0.3) is 0 Å². The molecule has 102 valence electrons. The van der Waals surface area contributed by atoms with Gasteiger partial charge in [-0.3, -0.25) is 0 Å². The van der Waals surface area contributed by atoms with Gasteiger partial charge >= 0.3 is 0 Å². The molecule has 1 aliphatic heterocycles. The lowest BCUT2D eigenvalue weighted by atomic mass is 10.0. The van der Waals surface area contributed by atoms with Gasteiger partial charge in [-0.1, -0.05) is 25.3 Å². The SMILES string of the molecule is C=CCOc1cc2c(cc1OCC=C)NC[C@H](O)C2. The number of β-amino-alcohol motifs (C(OH)–C–C–N with tert-alkyl or cyclic N) is 1. The standard InChI is InChI=1S/C15H19NO3/c1-3-5-18-14-8-11-7-12(17)10-16-13(11)9-15(14)19-6-4-2/h3-4,8-9,12,16-17H,1-2,5-7,10H2/t12-/m1/s1. The van der Waals surface area contributed by atoms with Crippen molar-refractivity contribution in [3.05, 3.63) is 43.0 Å². The van der Waals surface area contributed by atoms with E-state index in [1.54, 1.807) is 12.2 Å². The van der Waals surface area contributed by atoms with Crippen molar-refractivity contribution in [2.45, 2.75) is 12.5 Å². The molecule has 0 saturated heterocycles. The summed E-state index contributed by atoms with van der Waals surface area (Å²) in [5.74, 6) is 1.33. The van der Waals surface area contributed by atoms with Gasteiger partial charge in [-0.05, 0) is 11.6 Å². The summed E-state index contributed by atoms with van der Waals surface area (Å²) in [6.07, 6.45) is 3.63. The van der Waals surface area contributed by atoms with Crippen LogP contribution >= 0.6 is 0 Å². The summed E-state index contributed by atoms with van der Waals surface area (Å²) >= 11 is 0. The van der Waals surface area contributed by atoms with E-state index in [0.29, 0.717) is 37.7 Å². The highest BCUT2D eigenvalue weighted by atomic mass is 16.5. The van der Waals surface area contributed by atoms with Crippen LogP contribution in [0, 0.1) is 0 Å². The average Bonchev–Trinajstić information content (AvgIpc) is 2.42. The Morgan fingerprint density at radius 1 is 1.21 bits per heavy atom. The molecule has 0 unspecified atom stereocenters. The molecule has 1 aromatic carbocycles. The maximum atomic E-state index is 9.67. The third-order valence-electron chi connectivity index (χ3n) is 2.87. The number of anilines is 1. The zero-order chi connectivity index (χ0) is 13.7. The Morgan fingerprint density at radius 3 is 2.47 bits per heavy atom. The van der Waals surface area contributed by atoms with Crippen molar-refractivity contribution >= 4 is 5.69 Å². The van der Waals surface area contributed by atoms with Crippen molar-refractivity contribution in [2.24, 2.45) is 0 Å². The molecule has 2 N–H and O–H groups in total. The smallest absolute Gasteiger partial charge is 0.163 e. The normalized spacial score (nSPS) is 17.0. The first kappa shape index (κ1) is 13.5. The van der Waals surface area contributed by atoms with Gasteiger partial charge in [0, 0.05) is 24.7 Å². The third kappa shape index (κ3) is 3.29. The summed E-state index contributed by atoms with van der Waals surface area (Å²) in [6.45, 7) is 8.66. The quantitative estimate of drug-likeness (QED) is 0.770. The van der Waals surface area contributed by atoms with E-state index in [2.05, 4.69) is 18.5 Å². The van der Waals surface area contributed by atoms with Crippen molar-refractivity contribution in [1.82, 2.24) is 0 Å². The van der Waals surface area contributed by atoms with E-state index < -0.39 is 0 Å². The number of nitrogens with one attached hydrogen (secondary N) is 1. The average molecular weight is 261 g/mol. The van der Waals surface area contributed by atoms with Crippen LogP contribution in [0.15, 0.2) is 37.4 Å². The molecule has 1 heterocycles. The number of aliphatic hydroxyl groups is 1. The van der Waals surface area contributed by atoms with E-state index in [0.717, 1.165) is 11.3 Å². The molecule has 0 amide bonds. The minimum Gasteiger partial charge on any atom is -0.486 e. The molecule has 4 heteroatoms. The molecule has 0 fully saturated rings. The van der Waals surface area contributed by atoms with Gasteiger partial charge in [0.05, 0.1) is 6.10 Å². The number of aliphatic hydroxyl groups excluding tert-OH is 1. The first-order chi connectivity index (χ1) is 9.24. The van der Waals surface area contributed by atoms with Crippen molar-refractivity contribution in [1.29, 1.82) is 0 Å². The molecule has 1 atom stereocenters. The van der Waals surface area contributed by atoms with Crippen LogP contribution < -0.4 is 14.8 Å². The van der Waals surface area contributed by atoms with Gasteiger partial charge in [-0.25, -0.2) is 0 Å². The Kier molecular flexibility index (Phi) is 4.47. The van der Waals surface area contributed by atoms with Crippen LogP contribution in [0.3, 0.4) is 0 Å². The Bertz CT molecular complexity index is 471. The fourth-order valence-corrected chi connectivity index (χ4v) is 2.01. The Morgan fingerprint density at radius 2 is 1.84 bits per heavy atom. The molecular formula is C15H19NO3. The second-order valence-corrected chi connectivity index (χ2v) is 4.39. The number of ether oxygens (including phenoxy) is 2. The lowest BCUT2D eigenvalue weighted by Gasteiger charge is -2.24. The monoisotopic (exact) mass is 261 g/mol. The van der Waals surface area contributed by atoms with Gasteiger partial charge in [0.15, 0.2) is 11.5 Å². The molecule has 1 aromatic rings. The molecule has 0 radical (unpaired) electrons. The zero-order valence-electron chi connectivity index (χ0n) is 10.9. The number of hydrogen-bond acceptors (Lipinski definition) is 4. The first-order valence-electron chi connectivity index (χ1n) is 6.31. The molecule has 0 saturated carbocycles. The Hall–Kier alpha value is -1.94. The second kappa shape index (κ2) is 6.29. The molecule has 0 aromatic heterocycles. The zero-order valence-corrected chi connectivity index (χ0v) is 10.9. The largest absolute Gasteiger partial charge is 0.486 e. The van der Waals surface area contributed by atoms with Crippen LogP contribution in [-0.2, 0) is 6.42 Å². The van der Waals surface area contributed by atoms with Gasteiger partial charge in [0.2, 0.25) is 0 Å². The van der Waals surface area contributed by atoms with Crippen LogP contribution in [-0.4, -0.2) is 31.0 Å². The van der Waals surface area contributed by atoms with Crippen molar-refractivity contribution in [2.75, 3.05) is 25.1 Å². The maximum Gasteiger partial charge on any atom is 0.163 e. The second-order valence-electron chi connectivity index (χ2n) is 4.39. The minimum absolute atomic E-state index is 0.361. The molecule has 0 aliphatic carbocycles. The number of hydrogen-bond donors (Lipinski definition) is 2. The Balaban J connectivity index is 2.28. The van der Waals surface area contributed by atoms with E-state index in [4.69, 9.17) is 9.47 Å². The minimum atomic E-state index is -0.361. The number of rotatable bonds is 6. The number of fused-ring (bicyclic) bond motifs is 1. The van der Waals surface area contributed by atoms with Gasteiger partial charge < -0.3 is 19.9 Å². The molecule has 2 rings (SSSR count). The lowest BCUT2D eigenvalue weighted by molar-refractivity contribution is 0.184. The maximum absolute atomic E-state index is 9.67. The fraction of sp³-hybridized carbons (Fsp3) is 0.333. The van der Waals surface area contributed by atoms with Crippen LogP contribution in [0.5, 0.6) is 11.5 Å². The summed E-state index contributed by atoms with van der Waals surface area (Å²) in [4.78, 5) is 0. The van der Waals surface area contributed by atoms with Crippen LogP contribution in [0.4, 0.5) is 5.69 Å². The molecule has 0 bridgehead atoms. The van der Waals surface area contributed by atoms with Gasteiger partial charge in [-0.2, -0.15) is 0 Å². The predicted molar refractivity (Wildman–Crippen MR) is 76.0 cm³/mol. The predicted octanol–water partition coefficient (Wildman–Crippen LogP) is 2.15. The van der Waals surface area contributed by atoms with Crippen molar-refractivity contribution in [3.8, 4) is 11.5 Å².